The summed E-state index contributed by atoms with van der Waals surface area (Å²) in [4.78, 5) is 13.7. The summed E-state index contributed by atoms with van der Waals surface area (Å²) in [5.41, 5.74) is 0.384. The molecule has 0 aromatic heterocycles. The van der Waals surface area contributed by atoms with Crippen LogP contribution in [0.1, 0.15) is 10.4 Å². The summed E-state index contributed by atoms with van der Waals surface area (Å²) in [5.74, 6) is 0.939. The lowest BCUT2D eigenvalue weighted by Gasteiger charge is -2.24. The zero-order valence-corrected chi connectivity index (χ0v) is 13.9. The minimum Gasteiger partial charge on any atom is -0.493 e. The molecule has 0 unspecified atom stereocenters. The number of ether oxygens (including phenoxy) is 4. The molecule has 7 heteroatoms. The number of esters is 1. The van der Waals surface area contributed by atoms with E-state index in [-0.39, 0.29) is 0 Å². The van der Waals surface area contributed by atoms with Crippen molar-refractivity contribution in [3.05, 3.63) is 17.7 Å². The highest BCUT2D eigenvalue weighted by atomic mass is 16.5. The van der Waals surface area contributed by atoms with E-state index in [0.717, 1.165) is 32.7 Å². The summed E-state index contributed by atoms with van der Waals surface area (Å²) in [6.07, 6.45) is 0. The lowest BCUT2D eigenvalue weighted by atomic mass is 10.2. The van der Waals surface area contributed by atoms with Crippen LogP contribution >= 0.6 is 0 Å². The van der Waals surface area contributed by atoms with E-state index in [1.54, 1.807) is 12.1 Å². The second kappa shape index (κ2) is 8.59. The van der Waals surface area contributed by atoms with Crippen LogP contribution < -0.4 is 24.4 Å². The van der Waals surface area contributed by atoms with E-state index < -0.39 is 5.97 Å². The molecule has 1 aliphatic rings. The monoisotopic (exact) mass is 325 g/mol. The van der Waals surface area contributed by atoms with E-state index >= 15 is 0 Å². The van der Waals surface area contributed by atoms with Crippen LogP contribution in [0.15, 0.2) is 12.1 Å². The maximum absolute atomic E-state index is 12.2. The van der Waals surface area contributed by atoms with E-state index in [9.17, 15) is 4.79 Å². The Labute approximate surface area is 136 Å². The summed E-state index contributed by atoms with van der Waals surface area (Å²) in [6, 6.07) is 3.20. The van der Waals surface area contributed by atoms with Gasteiger partial charge in [0.15, 0.2) is 11.5 Å². The number of methoxy groups -OCH3 is 3. The summed E-state index contributed by atoms with van der Waals surface area (Å²) in [6.45, 7) is 5.35. The first-order chi connectivity index (χ1) is 11.2. The quantitative estimate of drug-likeness (QED) is 0.650. The SMILES string of the molecule is COc1cc(C(=O)OCC[NH+]2CCNCC2)cc(OC)c1OC. The molecule has 23 heavy (non-hydrogen) atoms. The Kier molecular flexibility index (Phi) is 6.49. The Bertz CT molecular complexity index is 504. The van der Waals surface area contributed by atoms with Gasteiger partial charge in [0, 0.05) is 13.1 Å². The number of rotatable bonds is 7. The van der Waals surface area contributed by atoms with Crippen LogP contribution in [0.5, 0.6) is 17.2 Å². The number of piperazine rings is 1. The van der Waals surface area contributed by atoms with E-state index in [2.05, 4.69) is 5.32 Å². The van der Waals surface area contributed by atoms with Crippen LogP contribution in [-0.2, 0) is 4.74 Å². The molecule has 0 radical (unpaired) electrons. The Balaban J connectivity index is 1.98. The van der Waals surface area contributed by atoms with E-state index in [1.165, 1.54) is 26.2 Å². The number of hydrogen-bond donors (Lipinski definition) is 2. The van der Waals surface area contributed by atoms with Gasteiger partial charge >= 0.3 is 5.97 Å². The van der Waals surface area contributed by atoms with Crippen molar-refractivity contribution in [2.24, 2.45) is 0 Å². The topological polar surface area (TPSA) is 70.5 Å². The zero-order chi connectivity index (χ0) is 16.7. The van der Waals surface area contributed by atoms with Gasteiger partial charge in [-0.05, 0) is 12.1 Å². The first-order valence-electron chi connectivity index (χ1n) is 7.71. The van der Waals surface area contributed by atoms with Crippen LogP contribution in [0, 0.1) is 0 Å². The number of benzene rings is 1. The molecule has 0 spiro atoms. The number of carbonyl (C=O) groups is 1. The van der Waals surface area contributed by atoms with Crippen LogP contribution in [0.2, 0.25) is 0 Å². The summed E-state index contributed by atoms with van der Waals surface area (Å²) in [5, 5.41) is 3.31. The van der Waals surface area contributed by atoms with Crippen molar-refractivity contribution in [3.63, 3.8) is 0 Å². The maximum Gasteiger partial charge on any atom is 0.338 e. The van der Waals surface area contributed by atoms with Crippen molar-refractivity contribution in [2.75, 3.05) is 60.7 Å². The highest BCUT2D eigenvalue weighted by Gasteiger charge is 2.19. The van der Waals surface area contributed by atoms with Gasteiger partial charge in [-0.3, -0.25) is 0 Å². The van der Waals surface area contributed by atoms with Crippen molar-refractivity contribution < 1.29 is 28.6 Å². The van der Waals surface area contributed by atoms with Crippen LogP contribution in [0.4, 0.5) is 0 Å². The van der Waals surface area contributed by atoms with Gasteiger partial charge in [-0.15, -0.1) is 0 Å². The second-order valence-electron chi connectivity index (χ2n) is 5.30. The number of hydrogen-bond acceptors (Lipinski definition) is 6. The molecule has 0 bridgehead atoms. The third-order valence-electron chi connectivity index (χ3n) is 3.90. The minimum absolute atomic E-state index is 0.384. The minimum atomic E-state index is -0.390. The highest BCUT2D eigenvalue weighted by molar-refractivity contribution is 5.91. The Hall–Kier alpha value is -1.99. The molecule has 1 heterocycles. The zero-order valence-electron chi connectivity index (χ0n) is 13.9. The molecule has 7 nitrogen and oxygen atoms in total. The van der Waals surface area contributed by atoms with Gasteiger partial charge in [-0.1, -0.05) is 0 Å². The Morgan fingerprint density at radius 1 is 1.09 bits per heavy atom. The maximum atomic E-state index is 12.2. The van der Waals surface area contributed by atoms with Crippen LogP contribution in [-0.4, -0.2) is 66.6 Å². The Morgan fingerprint density at radius 2 is 1.70 bits per heavy atom. The molecule has 1 aromatic carbocycles. The fourth-order valence-electron chi connectivity index (χ4n) is 2.60. The van der Waals surface area contributed by atoms with E-state index in [0.29, 0.717) is 29.4 Å². The van der Waals surface area contributed by atoms with Gasteiger partial charge in [0.2, 0.25) is 5.75 Å². The second-order valence-corrected chi connectivity index (χ2v) is 5.30. The molecule has 2 rings (SSSR count). The third-order valence-corrected chi connectivity index (χ3v) is 3.90. The van der Waals surface area contributed by atoms with Gasteiger partial charge in [0.25, 0.3) is 0 Å². The first kappa shape index (κ1) is 17.4. The Morgan fingerprint density at radius 3 is 2.22 bits per heavy atom. The fourth-order valence-corrected chi connectivity index (χ4v) is 2.60. The molecular formula is C16H25N2O5+. The van der Waals surface area contributed by atoms with Gasteiger partial charge < -0.3 is 29.2 Å². The third kappa shape index (κ3) is 4.49. The largest absolute Gasteiger partial charge is 0.493 e. The van der Waals surface area contributed by atoms with E-state index in [1.807, 2.05) is 0 Å². The average Bonchev–Trinajstić information content (AvgIpc) is 2.61. The van der Waals surface area contributed by atoms with Crippen molar-refractivity contribution >= 4 is 5.97 Å². The van der Waals surface area contributed by atoms with Crippen molar-refractivity contribution in [1.29, 1.82) is 0 Å². The first-order valence-corrected chi connectivity index (χ1v) is 7.71. The van der Waals surface area contributed by atoms with Crippen molar-refractivity contribution in [2.45, 2.75) is 0 Å². The number of carbonyl (C=O) groups excluding carboxylic acids is 1. The molecular weight excluding hydrogens is 300 g/mol. The molecule has 0 amide bonds. The normalized spacial score (nSPS) is 15.1. The van der Waals surface area contributed by atoms with E-state index in [4.69, 9.17) is 18.9 Å². The average molecular weight is 325 g/mol. The van der Waals surface area contributed by atoms with Crippen molar-refractivity contribution in [1.82, 2.24) is 5.32 Å². The standard InChI is InChI=1S/C16H24N2O5/c1-20-13-10-12(11-14(21-2)15(13)22-3)16(19)23-9-8-18-6-4-17-5-7-18/h10-11,17H,4-9H2,1-3H3/p+1. The molecule has 1 aromatic rings. The number of nitrogens with one attached hydrogen (secondary N) is 2. The van der Waals surface area contributed by atoms with Gasteiger partial charge in [0.05, 0.1) is 40.0 Å². The predicted molar refractivity (Wildman–Crippen MR) is 84.8 cm³/mol. The van der Waals surface area contributed by atoms with Crippen molar-refractivity contribution in [3.8, 4) is 17.2 Å². The molecule has 0 saturated carbocycles. The van der Waals surface area contributed by atoms with Gasteiger partial charge in [0.1, 0.15) is 13.2 Å². The number of quaternary nitrogens is 1. The molecule has 1 aliphatic heterocycles. The predicted octanol–water partition coefficient (Wildman–Crippen LogP) is -0.643. The van der Waals surface area contributed by atoms with Gasteiger partial charge in [-0.2, -0.15) is 0 Å². The lowest BCUT2D eigenvalue weighted by Crippen LogP contribution is -3.15. The van der Waals surface area contributed by atoms with Gasteiger partial charge in [-0.25, -0.2) is 4.79 Å². The van der Waals surface area contributed by atoms with Crippen LogP contribution in [0.3, 0.4) is 0 Å². The molecule has 0 atom stereocenters. The molecule has 0 aliphatic carbocycles. The smallest absolute Gasteiger partial charge is 0.338 e. The molecule has 1 saturated heterocycles. The summed E-state index contributed by atoms with van der Waals surface area (Å²) >= 11 is 0. The lowest BCUT2D eigenvalue weighted by molar-refractivity contribution is -0.901. The molecule has 2 N–H and O–H groups in total. The molecule has 128 valence electrons. The molecule has 1 fully saturated rings. The summed E-state index contributed by atoms with van der Waals surface area (Å²) < 4.78 is 21.1. The highest BCUT2D eigenvalue weighted by Crippen LogP contribution is 2.38. The fraction of sp³-hybridized carbons (Fsp3) is 0.562. The van der Waals surface area contributed by atoms with Crippen LogP contribution in [0.25, 0.3) is 0 Å². The summed E-state index contributed by atoms with van der Waals surface area (Å²) in [7, 11) is 4.55.